The van der Waals surface area contributed by atoms with Gasteiger partial charge in [0, 0.05) is 0 Å². The van der Waals surface area contributed by atoms with Gasteiger partial charge in [-0.25, -0.2) is 0 Å². The SMILES string of the molecule is CC1(C)CCC2CCC1CC2. The molecule has 0 unspecified atom stereocenters. The van der Waals surface area contributed by atoms with E-state index in [-0.39, 0.29) is 0 Å². The van der Waals surface area contributed by atoms with Crippen molar-refractivity contribution in [1.82, 2.24) is 0 Å². The summed E-state index contributed by atoms with van der Waals surface area (Å²) >= 11 is 0. The second-order valence-electron chi connectivity index (χ2n) is 5.24. The zero-order chi connectivity index (χ0) is 7.90. The van der Waals surface area contributed by atoms with Crippen LogP contribution in [0.2, 0.25) is 0 Å². The first-order valence-corrected chi connectivity index (χ1v) is 5.18. The van der Waals surface area contributed by atoms with E-state index in [0.717, 1.165) is 11.8 Å². The molecule has 11 heavy (non-hydrogen) atoms. The van der Waals surface area contributed by atoms with Gasteiger partial charge in [-0.05, 0) is 42.9 Å². The fourth-order valence-electron chi connectivity index (χ4n) is 3.01. The molecule has 0 heterocycles. The molecule has 2 bridgehead atoms. The molecule has 0 aliphatic heterocycles. The summed E-state index contributed by atoms with van der Waals surface area (Å²) < 4.78 is 0. The fourth-order valence-corrected chi connectivity index (χ4v) is 3.01. The lowest BCUT2D eigenvalue weighted by molar-refractivity contribution is 0.176. The maximum absolute atomic E-state index is 2.48. The van der Waals surface area contributed by atoms with Crippen LogP contribution >= 0.6 is 0 Å². The molecule has 0 amide bonds. The quantitative estimate of drug-likeness (QED) is 0.497. The number of rotatable bonds is 0. The van der Waals surface area contributed by atoms with Crippen LogP contribution in [0.4, 0.5) is 0 Å². The van der Waals surface area contributed by atoms with Gasteiger partial charge in [0.05, 0.1) is 0 Å². The molecule has 0 aromatic carbocycles. The van der Waals surface area contributed by atoms with Crippen molar-refractivity contribution in [3.63, 3.8) is 0 Å². The zero-order valence-electron chi connectivity index (χ0n) is 7.90. The number of fused-ring (bicyclic) bond motifs is 4. The van der Waals surface area contributed by atoms with Crippen molar-refractivity contribution in [2.75, 3.05) is 0 Å². The third-order valence-electron chi connectivity index (χ3n) is 4.15. The Bertz CT molecular complexity index is 138. The monoisotopic (exact) mass is 152 g/mol. The van der Waals surface area contributed by atoms with Crippen LogP contribution in [0.5, 0.6) is 0 Å². The normalized spacial score (nSPS) is 42.0. The summed E-state index contributed by atoms with van der Waals surface area (Å²) in [5.41, 5.74) is 0.672. The molecule has 0 aromatic rings. The lowest BCUT2D eigenvalue weighted by Crippen LogP contribution is -2.23. The molecule has 3 aliphatic carbocycles. The highest BCUT2D eigenvalue weighted by Gasteiger charge is 2.36. The van der Waals surface area contributed by atoms with Crippen LogP contribution in [0.15, 0.2) is 0 Å². The van der Waals surface area contributed by atoms with Crippen LogP contribution in [0.3, 0.4) is 0 Å². The summed E-state index contributed by atoms with van der Waals surface area (Å²) in [5.74, 6) is 2.16. The molecule has 3 rings (SSSR count). The molecule has 64 valence electrons. The first kappa shape index (κ1) is 7.64. The molecule has 0 N–H and O–H groups in total. The third kappa shape index (κ3) is 1.32. The van der Waals surface area contributed by atoms with Gasteiger partial charge in [-0.3, -0.25) is 0 Å². The smallest absolute Gasteiger partial charge is 0.0326 e. The lowest BCUT2D eigenvalue weighted by Gasteiger charge is -2.33. The molecule has 0 atom stereocenters. The van der Waals surface area contributed by atoms with Crippen molar-refractivity contribution >= 4 is 0 Å². The Kier molecular flexibility index (Phi) is 1.74. The first-order valence-electron chi connectivity index (χ1n) is 5.18. The van der Waals surface area contributed by atoms with Gasteiger partial charge in [-0.1, -0.05) is 26.7 Å². The van der Waals surface area contributed by atoms with E-state index in [1.807, 2.05) is 0 Å². The van der Waals surface area contributed by atoms with Gasteiger partial charge in [-0.15, -0.1) is 0 Å². The average molecular weight is 152 g/mol. The van der Waals surface area contributed by atoms with Gasteiger partial charge in [0.1, 0.15) is 0 Å². The van der Waals surface area contributed by atoms with Crippen molar-refractivity contribution in [2.45, 2.75) is 52.4 Å². The Morgan fingerprint density at radius 3 is 2.18 bits per heavy atom. The predicted octanol–water partition coefficient (Wildman–Crippen LogP) is 3.61. The summed E-state index contributed by atoms with van der Waals surface area (Å²) in [5, 5.41) is 0. The van der Waals surface area contributed by atoms with E-state index in [1.54, 1.807) is 0 Å². The Labute approximate surface area is 70.4 Å². The standard InChI is InChI=1S/C11H20/c1-11(2)8-7-9-3-5-10(11)6-4-9/h9-10H,3-8H2,1-2H3. The highest BCUT2D eigenvalue weighted by Crippen LogP contribution is 2.48. The molecule has 3 fully saturated rings. The zero-order valence-corrected chi connectivity index (χ0v) is 7.90. The minimum absolute atomic E-state index is 0.672. The van der Waals surface area contributed by atoms with Gasteiger partial charge in [0.15, 0.2) is 0 Å². The summed E-state index contributed by atoms with van der Waals surface area (Å²) in [4.78, 5) is 0. The summed E-state index contributed by atoms with van der Waals surface area (Å²) in [6, 6.07) is 0. The van der Waals surface area contributed by atoms with E-state index in [2.05, 4.69) is 13.8 Å². The van der Waals surface area contributed by atoms with E-state index in [0.29, 0.717) is 5.41 Å². The van der Waals surface area contributed by atoms with E-state index < -0.39 is 0 Å². The molecule has 0 heteroatoms. The Balaban J connectivity index is 2.15. The van der Waals surface area contributed by atoms with Crippen molar-refractivity contribution in [3.8, 4) is 0 Å². The van der Waals surface area contributed by atoms with E-state index in [1.165, 1.54) is 38.5 Å². The van der Waals surface area contributed by atoms with Crippen LogP contribution < -0.4 is 0 Å². The van der Waals surface area contributed by atoms with Gasteiger partial charge in [-0.2, -0.15) is 0 Å². The largest absolute Gasteiger partial charge is 0.0596 e. The van der Waals surface area contributed by atoms with Gasteiger partial charge >= 0.3 is 0 Å². The fraction of sp³-hybridized carbons (Fsp3) is 1.00. The van der Waals surface area contributed by atoms with Gasteiger partial charge in [0.2, 0.25) is 0 Å². The summed E-state index contributed by atoms with van der Waals surface area (Å²) in [6.45, 7) is 4.96. The molecular formula is C11H20. The van der Waals surface area contributed by atoms with Crippen LogP contribution in [-0.2, 0) is 0 Å². The van der Waals surface area contributed by atoms with Crippen LogP contribution in [0, 0.1) is 17.3 Å². The Hall–Kier alpha value is 0. The summed E-state index contributed by atoms with van der Waals surface area (Å²) in [7, 11) is 0. The molecule has 3 aliphatic rings. The highest BCUT2D eigenvalue weighted by atomic mass is 14.4. The molecular weight excluding hydrogens is 132 g/mol. The van der Waals surface area contributed by atoms with Crippen LogP contribution in [0.1, 0.15) is 52.4 Å². The van der Waals surface area contributed by atoms with Gasteiger partial charge < -0.3 is 0 Å². The van der Waals surface area contributed by atoms with E-state index in [9.17, 15) is 0 Å². The molecule has 0 nitrogen and oxygen atoms in total. The van der Waals surface area contributed by atoms with Crippen molar-refractivity contribution < 1.29 is 0 Å². The molecule has 0 aromatic heterocycles. The maximum Gasteiger partial charge on any atom is -0.0326 e. The van der Waals surface area contributed by atoms with Crippen molar-refractivity contribution in [2.24, 2.45) is 17.3 Å². The topological polar surface area (TPSA) is 0 Å². The van der Waals surface area contributed by atoms with Crippen molar-refractivity contribution in [1.29, 1.82) is 0 Å². The minimum atomic E-state index is 0.672. The minimum Gasteiger partial charge on any atom is -0.0596 e. The first-order chi connectivity index (χ1) is 5.18. The average Bonchev–Trinajstić information content (AvgIpc) is 2.21. The second kappa shape index (κ2) is 2.50. The van der Waals surface area contributed by atoms with E-state index >= 15 is 0 Å². The highest BCUT2D eigenvalue weighted by molar-refractivity contribution is 4.88. The lowest BCUT2D eigenvalue weighted by atomic mass is 9.72. The summed E-state index contributed by atoms with van der Waals surface area (Å²) in [6.07, 6.45) is 9.13. The Morgan fingerprint density at radius 1 is 0.909 bits per heavy atom. The number of hydrogen-bond donors (Lipinski definition) is 0. The molecule has 0 saturated heterocycles. The van der Waals surface area contributed by atoms with Crippen molar-refractivity contribution in [3.05, 3.63) is 0 Å². The second-order valence-corrected chi connectivity index (χ2v) is 5.24. The molecule has 0 spiro atoms. The van der Waals surface area contributed by atoms with Gasteiger partial charge in [0.25, 0.3) is 0 Å². The maximum atomic E-state index is 2.48. The van der Waals surface area contributed by atoms with E-state index in [4.69, 9.17) is 0 Å². The number of hydrogen-bond acceptors (Lipinski definition) is 0. The molecule has 3 saturated carbocycles. The Morgan fingerprint density at radius 2 is 1.55 bits per heavy atom. The molecule has 0 radical (unpaired) electrons. The van der Waals surface area contributed by atoms with Crippen LogP contribution in [0.25, 0.3) is 0 Å². The predicted molar refractivity (Wildman–Crippen MR) is 48.5 cm³/mol. The third-order valence-corrected chi connectivity index (χ3v) is 4.15. The van der Waals surface area contributed by atoms with Crippen LogP contribution in [-0.4, -0.2) is 0 Å².